The SMILES string of the molecule is Cc1cc(CC#N)c(I)c(C(F)F)n1. The van der Waals surface area contributed by atoms with Gasteiger partial charge in [0.2, 0.25) is 0 Å². The van der Waals surface area contributed by atoms with Crippen LogP contribution in [0.2, 0.25) is 0 Å². The second-order valence-corrected chi connectivity index (χ2v) is 3.84. The average molecular weight is 308 g/mol. The highest BCUT2D eigenvalue weighted by molar-refractivity contribution is 14.1. The Morgan fingerprint density at radius 2 is 2.29 bits per heavy atom. The molecule has 0 aliphatic rings. The molecule has 0 bridgehead atoms. The molecule has 0 saturated carbocycles. The first-order valence-corrected chi connectivity index (χ1v) is 4.95. The largest absolute Gasteiger partial charge is 0.281 e. The van der Waals surface area contributed by atoms with Crippen molar-refractivity contribution in [1.29, 1.82) is 5.26 Å². The summed E-state index contributed by atoms with van der Waals surface area (Å²) in [6.45, 7) is 1.64. The first-order chi connectivity index (χ1) is 6.56. The Morgan fingerprint density at radius 1 is 1.64 bits per heavy atom. The summed E-state index contributed by atoms with van der Waals surface area (Å²) in [6, 6.07) is 3.60. The molecule has 0 N–H and O–H groups in total. The Labute approximate surface area is 94.1 Å². The number of aryl methyl sites for hydroxylation is 1. The molecular weight excluding hydrogens is 301 g/mol. The monoisotopic (exact) mass is 308 g/mol. The molecule has 0 saturated heterocycles. The first kappa shape index (κ1) is 11.3. The van der Waals surface area contributed by atoms with Crippen LogP contribution in [-0.4, -0.2) is 4.98 Å². The van der Waals surface area contributed by atoms with Gasteiger partial charge in [0, 0.05) is 9.26 Å². The molecule has 5 heteroatoms. The molecule has 1 aromatic heterocycles. The smallest absolute Gasteiger partial charge is 0.251 e. The van der Waals surface area contributed by atoms with Crippen molar-refractivity contribution in [2.24, 2.45) is 0 Å². The lowest BCUT2D eigenvalue weighted by atomic mass is 10.1. The maximum absolute atomic E-state index is 12.5. The van der Waals surface area contributed by atoms with E-state index in [4.69, 9.17) is 5.26 Å². The van der Waals surface area contributed by atoms with Crippen molar-refractivity contribution >= 4 is 22.6 Å². The van der Waals surface area contributed by atoms with Gasteiger partial charge in [-0.05, 0) is 41.1 Å². The number of halogens is 3. The molecule has 74 valence electrons. The maximum atomic E-state index is 12.5. The number of aromatic nitrogens is 1. The Morgan fingerprint density at radius 3 is 2.79 bits per heavy atom. The van der Waals surface area contributed by atoms with Crippen LogP contribution >= 0.6 is 22.6 Å². The second kappa shape index (κ2) is 4.64. The number of nitriles is 1. The second-order valence-electron chi connectivity index (χ2n) is 2.76. The Bertz CT molecular complexity index is 385. The third-order valence-corrected chi connectivity index (χ3v) is 2.91. The van der Waals surface area contributed by atoms with E-state index in [2.05, 4.69) is 4.98 Å². The molecule has 1 rings (SSSR count). The van der Waals surface area contributed by atoms with Gasteiger partial charge in [-0.3, -0.25) is 4.98 Å². The molecule has 14 heavy (non-hydrogen) atoms. The van der Waals surface area contributed by atoms with E-state index in [0.29, 0.717) is 14.8 Å². The van der Waals surface area contributed by atoms with E-state index >= 15 is 0 Å². The summed E-state index contributed by atoms with van der Waals surface area (Å²) < 4.78 is 25.3. The highest BCUT2D eigenvalue weighted by atomic mass is 127. The molecular formula is C9H7F2IN2. The van der Waals surface area contributed by atoms with Gasteiger partial charge in [0.15, 0.2) is 0 Å². The minimum Gasteiger partial charge on any atom is -0.251 e. The van der Waals surface area contributed by atoms with Crippen molar-refractivity contribution < 1.29 is 8.78 Å². The minimum absolute atomic E-state index is 0.140. The van der Waals surface area contributed by atoms with E-state index in [1.54, 1.807) is 35.6 Å². The van der Waals surface area contributed by atoms with Crippen LogP contribution in [0, 0.1) is 21.8 Å². The van der Waals surface area contributed by atoms with E-state index in [1.807, 2.05) is 6.07 Å². The summed E-state index contributed by atoms with van der Waals surface area (Å²) in [4.78, 5) is 3.75. The average Bonchev–Trinajstić information content (AvgIpc) is 2.10. The summed E-state index contributed by atoms with van der Waals surface area (Å²) in [7, 11) is 0. The summed E-state index contributed by atoms with van der Waals surface area (Å²) in [5, 5.41) is 8.50. The van der Waals surface area contributed by atoms with E-state index < -0.39 is 6.43 Å². The van der Waals surface area contributed by atoms with Gasteiger partial charge in [0.1, 0.15) is 5.69 Å². The first-order valence-electron chi connectivity index (χ1n) is 3.87. The van der Waals surface area contributed by atoms with Crippen LogP contribution in [0.3, 0.4) is 0 Å². The number of hydrogen-bond donors (Lipinski definition) is 0. The fourth-order valence-electron chi connectivity index (χ4n) is 1.11. The lowest BCUT2D eigenvalue weighted by Gasteiger charge is -2.07. The Hall–Kier alpha value is -0.770. The predicted octanol–water partition coefficient (Wildman–Crippen LogP) is 3.00. The number of rotatable bonds is 2. The molecule has 2 nitrogen and oxygen atoms in total. The van der Waals surface area contributed by atoms with Crippen molar-refractivity contribution in [3.8, 4) is 6.07 Å². The highest BCUT2D eigenvalue weighted by Crippen LogP contribution is 2.25. The van der Waals surface area contributed by atoms with Crippen LogP contribution in [0.1, 0.15) is 23.4 Å². The van der Waals surface area contributed by atoms with Crippen LogP contribution < -0.4 is 0 Å². The molecule has 0 radical (unpaired) electrons. The van der Waals surface area contributed by atoms with Gasteiger partial charge >= 0.3 is 0 Å². The lowest BCUT2D eigenvalue weighted by molar-refractivity contribution is 0.144. The molecule has 0 unspecified atom stereocenters. The quantitative estimate of drug-likeness (QED) is 0.788. The maximum Gasteiger partial charge on any atom is 0.281 e. The topological polar surface area (TPSA) is 36.7 Å². The van der Waals surface area contributed by atoms with Crippen LogP contribution in [0.4, 0.5) is 8.78 Å². The normalized spacial score (nSPS) is 10.3. The number of hydrogen-bond acceptors (Lipinski definition) is 2. The lowest BCUT2D eigenvalue weighted by Crippen LogP contribution is -2.01. The van der Waals surface area contributed by atoms with Gasteiger partial charge in [-0.25, -0.2) is 8.78 Å². The van der Waals surface area contributed by atoms with Gasteiger partial charge < -0.3 is 0 Å². The van der Waals surface area contributed by atoms with Crippen molar-refractivity contribution in [2.45, 2.75) is 19.8 Å². The summed E-state index contributed by atoms with van der Waals surface area (Å²) in [5.74, 6) is 0. The predicted molar refractivity (Wildman–Crippen MR) is 56.0 cm³/mol. The van der Waals surface area contributed by atoms with Crippen molar-refractivity contribution in [3.63, 3.8) is 0 Å². The van der Waals surface area contributed by atoms with E-state index in [9.17, 15) is 8.78 Å². The summed E-state index contributed by atoms with van der Waals surface area (Å²) >= 11 is 1.80. The Balaban J connectivity index is 3.26. The summed E-state index contributed by atoms with van der Waals surface area (Å²) in [6.07, 6.45) is -2.44. The zero-order chi connectivity index (χ0) is 10.7. The molecule has 0 atom stereocenters. The molecule has 1 aromatic rings. The molecule has 0 amide bonds. The highest BCUT2D eigenvalue weighted by Gasteiger charge is 2.16. The van der Waals surface area contributed by atoms with Gasteiger partial charge in [-0.15, -0.1) is 0 Å². The number of pyridine rings is 1. The van der Waals surface area contributed by atoms with Crippen molar-refractivity contribution in [3.05, 3.63) is 26.6 Å². The van der Waals surface area contributed by atoms with Crippen molar-refractivity contribution in [1.82, 2.24) is 4.98 Å². The fourth-order valence-corrected chi connectivity index (χ4v) is 1.81. The molecule has 0 aliphatic heterocycles. The minimum atomic E-state index is -2.58. The Kier molecular flexibility index (Phi) is 3.75. The standard InChI is InChI=1S/C9H7F2IN2/c1-5-4-6(2-3-13)7(12)8(14-5)9(10)11/h4,9H,2H2,1H3. The van der Waals surface area contributed by atoms with Crippen LogP contribution in [0.15, 0.2) is 6.07 Å². The molecule has 0 fully saturated rings. The van der Waals surface area contributed by atoms with Gasteiger partial charge in [-0.1, -0.05) is 0 Å². The van der Waals surface area contributed by atoms with Crippen LogP contribution in [0.5, 0.6) is 0 Å². The summed E-state index contributed by atoms with van der Waals surface area (Å²) in [5.41, 5.74) is 0.915. The molecule has 0 aromatic carbocycles. The molecule has 1 heterocycles. The molecule has 0 aliphatic carbocycles. The van der Waals surface area contributed by atoms with Crippen molar-refractivity contribution in [2.75, 3.05) is 0 Å². The number of nitrogens with zero attached hydrogens (tertiary/aromatic N) is 2. The van der Waals surface area contributed by atoms with Gasteiger partial charge in [-0.2, -0.15) is 5.26 Å². The number of alkyl halides is 2. The third-order valence-electron chi connectivity index (χ3n) is 1.66. The van der Waals surface area contributed by atoms with Gasteiger partial charge in [0.25, 0.3) is 6.43 Å². The van der Waals surface area contributed by atoms with E-state index in [0.717, 1.165) is 0 Å². The van der Waals surface area contributed by atoms with Crippen LogP contribution in [0.25, 0.3) is 0 Å². The van der Waals surface area contributed by atoms with E-state index in [1.165, 1.54) is 0 Å². The molecule has 0 spiro atoms. The van der Waals surface area contributed by atoms with Gasteiger partial charge in [0.05, 0.1) is 12.5 Å². The zero-order valence-corrected chi connectivity index (χ0v) is 9.55. The third kappa shape index (κ3) is 2.38. The zero-order valence-electron chi connectivity index (χ0n) is 7.39. The fraction of sp³-hybridized carbons (Fsp3) is 0.333. The van der Waals surface area contributed by atoms with Crippen LogP contribution in [-0.2, 0) is 6.42 Å². The van der Waals surface area contributed by atoms with E-state index in [-0.39, 0.29) is 12.1 Å².